The molecule has 0 aromatic heterocycles. The van der Waals surface area contributed by atoms with E-state index in [1.165, 1.54) is 19.1 Å². The Morgan fingerprint density at radius 2 is 1.95 bits per heavy atom. The van der Waals surface area contributed by atoms with Crippen LogP contribution in [0.2, 0.25) is 0 Å². The molecule has 3 nitrogen and oxygen atoms in total. The van der Waals surface area contributed by atoms with Crippen LogP contribution in [0.25, 0.3) is 0 Å². The normalized spacial score (nSPS) is 10.2. The predicted molar refractivity (Wildman–Crippen MR) is 81.4 cm³/mol. The van der Waals surface area contributed by atoms with Gasteiger partial charge in [-0.3, -0.25) is 4.79 Å². The molecule has 2 aromatic carbocycles. The monoisotopic (exact) mass is 306 g/mol. The highest BCUT2D eigenvalue weighted by atomic mass is 32.1. The van der Waals surface area contributed by atoms with Gasteiger partial charge in [0.1, 0.15) is 22.2 Å². The number of nitrogens with one attached hydrogen (secondary N) is 1. The molecule has 0 atom stereocenters. The van der Waals surface area contributed by atoms with E-state index in [1.807, 2.05) is 0 Å². The van der Waals surface area contributed by atoms with Gasteiger partial charge in [0.25, 0.3) is 5.91 Å². The lowest BCUT2D eigenvalue weighted by Crippen LogP contribution is -2.17. The molecule has 0 radical (unpaired) electrons. The number of halogens is 2. The van der Waals surface area contributed by atoms with E-state index in [1.54, 1.807) is 18.2 Å². The Morgan fingerprint density at radius 1 is 1.24 bits per heavy atom. The van der Waals surface area contributed by atoms with Gasteiger partial charge < -0.3 is 11.1 Å². The van der Waals surface area contributed by atoms with Gasteiger partial charge in [-0.1, -0.05) is 30.4 Å². The van der Waals surface area contributed by atoms with E-state index < -0.39 is 23.1 Å². The number of anilines is 1. The standard InChI is InChI=1S/C15H12F2N2OS/c1-8-5-6-11(16)12(13(8)17)15(20)19-10-4-2-3-9(7-10)14(18)21/h2-7H,1H3,(H2,18,21)(H,19,20). The molecule has 6 heteroatoms. The summed E-state index contributed by atoms with van der Waals surface area (Å²) in [4.78, 5) is 12.2. The summed E-state index contributed by atoms with van der Waals surface area (Å²) in [7, 11) is 0. The number of hydrogen-bond acceptors (Lipinski definition) is 2. The molecule has 0 aliphatic rings. The van der Waals surface area contributed by atoms with Gasteiger partial charge in [-0.25, -0.2) is 8.78 Å². The molecule has 0 spiro atoms. The first-order valence-corrected chi connectivity index (χ1v) is 6.47. The molecular weight excluding hydrogens is 294 g/mol. The predicted octanol–water partition coefficient (Wildman–Crippen LogP) is 3.16. The van der Waals surface area contributed by atoms with Gasteiger partial charge in [0, 0.05) is 11.3 Å². The summed E-state index contributed by atoms with van der Waals surface area (Å²) < 4.78 is 27.5. The summed E-state index contributed by atoms with van der Waals surface area (Å²) in [5.41, 5.74) is 5.97. The number of rotatable bonds is 3. The molecular formula is C15H12F2N2OS. The Bertz CT molecular complexity index is 732. The highest BCUT2D eigenvalue weighted by Gasteiger charge is 2.19. The first kappa shape index (κ1) is 15.1. The van der Waals surface area contributed by atoms with Crippen molar-refractivity contribution in [3.05, 3.63) is 64.7 Å². The van der Waals surface area contributed by atoms with Crippen LogP contribution in [0, 0.1) is 18.6 Å². The smallest absolute Gasteiger partial charge is 0.261 e. The van der Waals surface area contributed by atoms with Crippen LogP contribution in [0.1, 0.15) is 21.5 Å². The average molecular weight is 306 g/mol. The molecule has 0 unspecified atom stereocenters. The molecule has 0 bridgehead atoms. The van der Waals surface area contributed by atoms with Crippen LogP contribution in [-0.2, 0) is 0 Å². The quantitative estimate of drug-likeness (QED) is 0.857. The number of aryl methyl sites for hydroxylation is 1. The summed E-state index contributed by atoms with van der Waals surface area (Å²) in [6, 6.07) is 8.74. The van der Waals surface area contributed by atoms with Crippen LogP contribution in [0.4, 0.5) is 14.5 Å². The fourth-order valence-corrected chi connectivity index (χ4v) is 1.94. The number of nitrogens with two attached hydrogens (primary N) is 1. The number of amides is 1. The topological polar surface area (TPSA) is 55.1 Å². The Hall–Kier alpha value is -2.34. The molecule has 21 heavy (non-hydrogen) atoms. The fourth-order valence-electron chi connectivity index (χ4n) is 1.81. The van der Waals surface area contributed by atoms with Crippen LogP contribution in [0.15, 0.2) is 36.4 Å². The minimum atomic E-state index is -0.916. The van der Waals surface area contributed by atoms with E-state index in [0.717, 1.165) is 6.07 Å². The molecule has 2 aromatic rings. The third-order valence-corrected chi connectivity index (χ3v) is 3.15. The van der Waals surface area contributed by atoms with Crippen LogP contribution in [0.3, 0.4) is 0 Å². The molecule has 108 valence electrons. The molecule has 1 amide bonds. The minimum absolute atomic E-state index is 0.166. The van der Waals surface area contributed by atoms with Crippen molar-refractivity contribution >= 4 is 28.8 Å². The van der Waals surface area contributed by atoms with Crippen molar-refractivity contribution in [1.82, 2.24) is 0 Å². The zero-order valence-corrected chi connectivity index (χ0v) is 11.9. The first-order chi connectivity index (χ1) is 9.90. The summed E-state index contributed by atoms with van der Waals surface area (Å²) in [5, 5.41) is 2.43. The van der Waals surface area contributed by atoms with Gasteiger partial charge in [0.15, 0.2) is 0 Å². The van der Waals surface area contributed by atoms with Crippen molar-refractivity contribution in [3.8, 4) is 0 Å². The SMILES string of the molecule is Cc1ccc(F)c(C(=O)Nc2cccc(C(N)=S)c2)c1F. The summed E-state index contributed by atoms with van der Waals surface area (Å²) in [6.45, 7) is 1.46. The zero-order chi connectivity index (χ0) is 15.6. The van der Waals surface area contributed by atoms with Crippen molar-refractivity contribution in [2.24, 2.45) is 5.73 Å². The third-order valence-electron chi connectivity index (χ3n) is 2.92. The number of carbonyl (C=O) groups excluding carboxylic acids is 1. The van der Waals surface area contributed by atoms with Crippen molar-refractivity contribution in [2.75, 3.05) is 5.32 Å². The first-order valence-electron chi connectivity index (χ1n) is 6.06. The molecule has 0 fully saturated rings. The second-order valence-electron chi connectivity index (χ2n) is 4.45. The van der Waals surface area contributed by atoms with E-state index in [2.05, 4.69) is 5.32 Å². The molecule has 2 rings (SSSR count). The van der Waals surface area contributed by atoms with E-state index >= 15 is 0 Å². The minimum Gasteiger partial charge on any atom is -0.389 e. The molecule has 0 heterocycles. The number of carbonyl (C=O) groups is 1. The van der Waals surface area contributed by atoms with Crippen LogP contribution in [-0.4, -0.2) is 10.9 Å². The highest BCUT2D eigenvalue weighted by molar-refractivity contribution is 7.80. The Balaban J connectivity index is 2.33. The van der Waals surface area contributed by atoms with Gasteiger partial charge in [0.05, 0.1) is 0 Å². The van der Waals surface area contributed by atoms with E-state index in [0.29, 0.717) is 11.3 Å². The lowest BCUT2D eigenvalue weighted by Gasteiger charge is -2.09. The Kier molecular flexibility index (Phi) is 4.28. The van der Waals surface area contributed by atoms with Crippen LogP contribution >= 0.6 is 12.2 Å². The van der Waals surface area contributed by atoms with Gasteiger partial charge >= 0.3 is 0 Å². The molecule has 0 aliphatic carbocycles. The second kappa shape index (κ2) is 5.97. The van der Waals surface area contributed by atoms with Crippen molar-refractivity contribution in [1.29, 1.82) is 0 Å². The zero-order valence-electron chi connectivity index (χ0n) is 11.1. The van der Waals surface area contributed by atoms with Gasteiger partial charge in [-0.2, -0.15) is 0 Å². The highest BCUT2D eigenvalue weighted by Crippen LogP contribution is 2.19. The molecule has 0 saturated heterocycles. The van der Waals surface area contributed by atoms with Crippen LogP contribution in [0.5, 0.6) is 0 Å². The summed E-state index contributed by atoms with van der Waals surface area (Å²) in [6.07, 6.45) is 0. The third kappa shape index (κ3) is 3.22. The summed E-state index contributed by atoms with van der Waals surface area (Å²) >= 11 is 4.83. The van der Waals surface area contributed by atoms with Gasteiger partial charge in [-0.15, -0.1) is 0 Å². The number of thiocarbonyl (C=S) groups is 1. The average Bonchev–Trinajstić information content (AvgIpc) is 2.43. The van der Waals surface area contributed by atoms with E-state index in [9.17, 15) is 13.6 Å². The second-order valence-corrected chi connectivity index (χ2v) is 4.89. The van der Waals surface area contributed by atoms with Gasteiger partial charge in [0.2, 0.25) is 0 Å². The van der Waals surface area contributed by atoms with E-state index in [-0.39, 0.29) is 10.6 Å². The maximum atomic E-state index is 13.9. The Morgan fingerprint density at radius 3 is 2.62 bits per heavy atom. The van der Waals surface area contributed by atoms with Gasteiger partial charge in [-0.05, 0) is 30.7 Å². The van der Waals surface area contributed by atoms with E-state index in [4.69, 9.17) is 18.0 Å². The lowest BCUT2D eigenvalue weighted by molar-refractivity contribution is 0.101. The lowest BCUT2D eigenvalue weighted by atomic mass is 10.1. The van der Waals surface area contributed by atoms with Crippen molar-refractivity contribution in [3.63, 3.8) is 0 Å². The maximum absolute atomic E-state index is 13.9. The molecule has 0 aliphatic heterocycles. The van der Waals surface area contributed by atoms with Crippen LogP contribution < -0.4 is 11.1 Å². The largest absolute Gasteiger partial charge is 0.389 e. The maximum Gasteiger partial charge on any atom is 0.261 e. The van der Waals surface area contributed by atoms with Crippen molar-refractivity contribution < 1.29 is 13.6 Å². The Labute approximate surface area is 125 Å². The molecule has 3 N–H and O–H groups in total. The molecule has 0 saturated carbocycles. The van der Waals surface area contributed by atoms with Crippen molar-refractivity contribution in [2.45, 2.75) is 6.92 Å². The fraction of sp³-hybridized carbons (Fsp3) is 0.0667. The summed E-state index contributed by atoms with van der Waals surface area (Å²) in [5.74, 6) is -2.66. The number of hydrogen-bond donors (Lipinski definition) is 2. The number of benzene rings is 2.